The lowest BCUT2D eigenvalue weighted by molar-refractivity contribution is -0.138. The Kier molecular flexibility index (Phi) is 5.82. The highest BCUT2D eigenvalue weighted by molar-refractivity contribution is 7.89. The van der Waals surface area contributed by atoms with Gasteiger partial charge in [-0.25, -0.2) is 13.1 Å². The summed E-state index contributed by atoms with van der Waals surface area (Å²) in [6.07, 6.45) is 1.55. The lowest BCUT2D eigenvalue weighted by Crippen LogP contribution is -2.40. The lowest BCUT2D eigenvalue weighted by atomic mass is 10.1. The quantitative estimate of drug-likeness (QED) is 0.686. The molecule has 0 bridgehead atoms. The largest absolute Gasteiger partial charge is 0.480 e. The Morgan fingerprint density at radius 2 is 1.80 bits per heavy atom. The maximum Gasteiger partial charge on any atom is 0.321 e. The van der Waals surface area contributed by atoms with Crippen LogP contribution in [-0.2, 0) is 14.8 Å². The minimum Gasteiger partial charge on any atom is -0.480 e. The van der Waals surface area contributed by atoms with E-state index in [1.807, 2.05) is 13.8 Å². The Balaban J connectivity index is 4.37. The molecule has 0 aromatic heterocycles. The summed E-state index contributed by atoms with van der Waals surface area (Å²) >= 11 is 0. The molecule has 90 valence electrons. The first-order valence-corrected chi connectivity index (χ1v) is 6.70. The summed E-state index contributed by atoms with van der Waals surface area (Å²) in [7, 11) is -3.48. The van der Waals surface area contributed by atoms with Crippen molar-refractivity contribution in [2.45, 2.75) is 39.7 Å². The van der Waals surface area contributed by atoms with E-state index in [4.69, 9.17) is 5.11 Å². The van der Waals surface area contributed by atoms with Crippen LogP contribution in [0.1, 0.15) is 33.6 Å². The fraction of sp³-hybridized carbons (Fsp3) is 0.889. The van der Waals surface area contributed by atoms with Crippen LogP contribution in [0.5, 0.6) is 0 Å². The summed E-state index contributed by atoms with van der Waals surface area (Å²) < 4.78 is 25.1. The van der Waals surface area contributed by atoms with Crippen molar-refractivity contribution in [3.05, 3.63) is 0 Å². The Hall–Kier alpha value is -0.620. The second kappa shape index (κ2) is 6.07. The molecule has 5 nitrogen and oxygen atoms in total. The molecule has 0 aliphatic heterocycles. The number of sulfonamides is 1. The van der Waals surface area contributed by atoms with Crippen LogP contribution in [0.15, 0.2) is 0 Å². The maximum absolute atomic E-state index is 11.5. The van der Waals surface area contributed by atoms with Crippen molar-refractivity contribution in [2.24, 2.45) is 5.92 Å². The van der Waals surface area contributed by atoms with Crippen molar-refractivity contribution in [1.29, 1.82) is 0 Å². The molecule has 0 amide bonds. The highest BCUT2D eigenvalue weighted by atomic mass is 32.2. The number of hydrogen-bond donors (Lipinski definition) is 2. The van der Waals surface area contributed by atoms with Crippen LogP contribution in [0, 0.1) is 5.92 Å². The number of nitrogens with one attached hydrogen (secondary N) is 1. The predicted octanol–water partition coefficient (Wildman–Crippen LogP) is 0.815. The van der Waals surface area contributed by atoms with Crippen LogP contribution >= 0.6 is 0 Å². The van der Waals surface area contributed by atoms with E-state index in [2.05, 4.69) is 4.72 Å². The van der Waals surface area contributed by atoms with Gasteiger partial charge in [-0.15, -0.1) is 0 Å². The summed E-state index contributed by atoms with van der Waals surface area (Å²) in [5.41, 5.74) is 0. The summed E-state index contributed by atoms with van der Waals surface area (Å²) in [4.78, 5) is 10.5. The highest BCUT2D eigenvalue weighted by Crippen LogP contribution is 2.10. The van der Waals surface area contributed by atoms with Gasteiger partial charge in [0.15, 0.2) is 0 Å². The molecule has 0 saturated carbocycles. The van der Waals surface area contributed by atoms with Crippen LogP contribution in [0.4, 0.5) is 0 Å². The molecule has 15 heavy (non-hydrogen) atoms. The van der Waals surface area contributed by atoms with E-state index in [1.54, 1.807) is 0 Å². The zero-order chi connectivity index (χ0) is 12.1. The second-order valence-corrected chi connectivity index (χ2v) is 5.44. The molecule has 0 aromatic carbocycles. The van der Waals surface area contributed by atoms with Gasteiger partial charge in [-0.2, -0.15) is 0 Å². The van der Waals surface area contributed by atoms with Gasteiger partial charge < -0.3 is 5.11 Å². The third-order valence-corrected chi connectivity index (χ3v) is 3.96. The number of carboxylic acid groups (broad SMARTS) is 1. The molecular weight excluding hydrogens is 218 g/mol. The van der Waals surface area contributed by atoms with Crippen LogP contribution in [-0.4, -0.2) is 31.3 Å². The topological polar surface area (TPSA) is 83.5 Å². The van der Waals surface area contributed by atoms with E-state index in [1.165, 1.54) is 6.92 Å². The fourth-order valence-corrected chi connectivity index (χ4v) is 3.03. The van der Waals surface area contributed by atoms with Crippen molar-refractivity contribution < 1.29 is 18.3 Å². The molecule has 0 spiro atoms. The van der Waals surface area contributed by atoms with Gasteiger partial charge in [0.2, 0.25) is 10.0 Å². The lowest BCUT2D eigenvalue weighted by Gasteiger charge is -2.15. The Labute approximate surface area is 90.9 Å². The molecule has 1 atom stereocenters. The van der Waals surface area contributed by atoms with Crippen LogP contribution in [0.2, 0.25) is 0 Å². The van der Waals surface area contributed by atoms with Crippen molar-refractivity contribution in [3.8, 4) is 0 Å². The first-order valence-electron chi connectivity index (χ1n) is 5.05. The molecule has 0 heterocycles. The molecule has 0 aromatic rings. The summed E-state index contributed by atoms with van der Waals surface area (Å²) in [6.45, 7) is 5.15. The first kappa shape index (κ1) is 14.4. The number of rotatable bonds is 7. The zero-order valence-corrected chi connectivity index (χ0v) is 10.2. The number of aliphatic carboxylic acids is 1. The van der Waals surface area contributed by atoms with Gasteiger partial charge >= 0.3 is 5.97 Å². The molecular formula is C9H19NO4S. The Morgan fingerprint density at radius 1 is 1.33 bits per heavy atom. The van der Waals surface area contributed by atoms with E-state index in [0.717, 1.165) is 12.8 Å². The molecule has 0 unspecified atom stereocenters. The van der Waals surface area contributed by atoms with Crippen molar-refractivity contribution in [2.75, 3.05) is 5.75 Å². The minimum atomic E-state index is -3.48. The normalized spacial score (nSPS) is 14.1. The summed E-state index contributed by atoms with van der Waals surface area (Å²) in [5.74, 6) is -1.08. The van der Waals surface area contributed by atoms with Crippen LogP contribution < -0.4 is 4.72 Å². The molecule has 0 saturated heterocycles. The van der Waals surface area contributed by atoms with E-state index in [9.17, 15) is 13.2 Å². The average Bonchev–Trinajstić information content (AvgIpc) is 2.13. The first-order chi connectivity index (χ1) is 6.82. The van der Waals surface area contributed by atoms with E-state index in [0.29, 0.717) is 0 Å². The average molecular weight is 237 g/mol. The summed E-state index contributed by atoms with van der Waals surface area (Å²) in [6, 6.07) is -1.07. The number of hydrogen-bond acceptors (Lipinski definition) is 3. The molecule has 0 radical (unpaired) electrons. The number of carboxylic acids is 1. The third kappa shape index (κ3) is 5.74. The van der Waals surface area contributed by atoms with Gasteiger partial charge in [0.1, 0.15) is 6.04 Å². The van der Waals surface area contributed by atoms with Gasteiger partial charge in [0, 0.05) is 0 Å². The maximum atomic E-state index is 11.5. The van der Waals surface area contributed by atoms with Crippen molar-refractivity contribution in [1.82, 2.24) is 4.72 Å². The Morgan fingerprint density at radius 3 is 2.13 bits per heavy atom. The van der Waals surface area contributed by atoms with E-state index < -0.39 is 22.0 Å². The molecule has 0 fully saturated rings. The molecule has 0 rings (SSSR count). The van der Waals surface area contributed by atoms with Crippen LogP contribution in [0.3, 0.4) is 0 Å². The van der Waals surface area contributed by atoms with E-state index >= 15 is 0 Å². The number of carbonyl (C=O) groups is 1. The molecule has 0 aliphatic rings. The van der Waals surface area contributed by atoms with Gasteiger partial charge in [-0.3, -0.25) is 4.79 Å². The Bertz CT molecular complexity index is 295. The van der Waals surface area contributed by atoms with Crippen molar-refractivity contribution in [3.63, 3.8) is 0 Å². The monoisotopic (exact) mass is 237 g/mol. The van der Waals surface area contributed by atoms with Gasteiger partial charge in [-0.05, 0) is 12.8 Å². The van der Waals surface area contributed by atoms with Crippen molar-refractivity contribution >= 4 is 16.0 Å². The zero-order valence-electron chi connectivity index (χ0n) is 9.36. The smallest absolute Gasteiger partial charge is 0.321 e. The SMILES string of the molecule is CCC(CC)CS(=O)(=O)N[C@@H](C)C(=O)O. The van der Waals surface area contributed by atoms with Gasteiger partial charge in [0.05, 0.1) is 5.75 Å². The molecule has 0 aliphatic carbocycles. The standard InChI is InChI=1S/C9H19NO4S/c1-4-8(5-2)6-15(13,14)10-7(3)9(11)12/h7-8,10H,4-6H2,1-3H3,(H,11,12)/t7-/m0/s1. The predicted molar refractivity (Wildman–Crippen MR) is 58.1 cm³/mol. The molecule has 6 heteroatoms. The minimum absolute atomic E-state index is 0.00236. The third-order valence-electron chi connectivity index (χ3n) is 2.34. The van der Waals surface area contributed by atoms with Gasteiger partial charge in [-0.1, -0.05) is 26.7 Å². The molecule has 2 N–H and O–H groups in total. The highest BCUT2D eigenvalue weighted by Gasteiger charge is 2.21. The van der Waals surface area contributed by atoms with Gasteiger partial charge in [0.25, 0.3) is 0 Å². The summed E-state index contributed by atoms with van der Waals surface area (Å²) in [5, 5.41) is 8.57. The second-order valence-electron chi connectivity index (χ2n) is 3.64. The van der Waals surface area contributed by atoms with Crippen LogP contribution in [0.25, 0.3) is 0 Å². The fourth-order valence-electron chi connectivity index (χ4n) is 1.20. The van der Waals surface area contributed by atoms with E-state index in [-0.39, 0.29) is 11.7 Å².